The molecule has 0 amide bonds. The lowest BCUT2D eigenvalue weighted by molar-refractivity contribution is 0.709. The van der Waals surface area contributed by atoms with Gasteiger partial charge in [0.15, 0.2) is 0 Å². The Hall–Kier alpha value is -1.81. The first-order valence-corrected chi connectivity index (χ1v) is 6.59. The fourth-order valence-corrected chi connectivity index (χ4v) is 2.42. The van der Waals surface area contributed by atoms with E-state index >= 15 is 0 Å². The summed E-state index contributed by atoms with van der Waals surface area (Å²) < 4.78 is 0. The third-order valence-electron chi connectivity index (χ3n) is 3.48. The summed E-state index contributed by atoms with van der Waals surface area (Å²) in [6, 6.07) is 8.72. The van der Waals surface area contributed by atoms with Crippen molar-refractivity contribution in [2.24, 2.45) is 0 Å². The van der Waals surface area contributed by atoms with Gasteiger partial charge < -0.3 is 0 Å². The number of hydrogen-bond acceptors (Lipinski definition) is 1. The monoisotopic (exact) mass is 237 g/mol. The lowest BCUT2D eigenvalue weighted by Gasteiger charge is -2.12. The van der Waals surface area contributed by atoms with Gasteiger partial charge in [-0.3, -0.25) is 0 Å². The molecule has 0 aliphatic heterocycles. The van der Waals surface area contributed by atoms with Crippen LogP contribution in [0.2, 0.25) is 0 Å². The van der Waals surface area contributed by atoms with E-state index in [0.717, 1.165) is 24.0 Å². The summed E-state index contributed by atoms with van der Waals surface area (Å²) in [6.45, 7) is 4.19. The highest BCUT2D eigenvalue weighted by atomic mass is 14.3. The van der Waals surface area contributed by atoms with E-state index in [2.05, 4.69) is 44.2 Å². The molecule has 0 heterocycles. The number of nitrogens with zero attached hydrogens (tertiary/aromatic N) is 1. The molecule has 0 atom stereocenters. The van der Waals surface area contributed by atoms with Gasteiger partial charge in [0.2, 0.25) is 0 Å². The summed E-state index contributed by atoms with van der Waals surface area (Å²) in [5.41, 5.74) is 5.72. The van der Waals surface area contributed by atoms with Gasteiger partial charge in [0, 0.05) is 0 Å². The van der Waals surface area contributed by atoms with Gasteiger partial charge in [-0.25, -0.2) is 0 Å². The zero-order chi connectivity index (χ0) is 13.0. The smallest absolute Gasteiger partial charge is 0.0994 e. The topological polar surface area (TPSA) is 23.8 Å². The Morgan fingerprint density at radius 3 is 2.72 bits per heavy atom. The summed E-state index contributed by atoms with van der Waals surface area (Å²) in [4.78, 5) is 0. The summed E-state index contributed by atoms with van der Waals surface area (Å²) in [6.07, 6.45) is 8.88. The van der Waals surface area contributed by atoms with Gasteiger partial charge in [-0.05, 0) is 62.3 Å². The van der Waals surface area contributed by atoms with Crippen molar-refractivity contribution in [2.75, 3.05) is 0 Å². The highest BCUT2D eigenvalue weighted by molar-refractivity contribution is 5.66. The van der Waals surface area contributed by atoms with Gasteiger partial charge in [-0.1, -0.05) is 29.8 Å². The van der Waals surface area contributed by atoms with Crippen LogP contribution in [0, 0.1) is 25.2 Å². The molecule has 0 radical (unpaired) electrons. The highest BCUT2D eigenvalue weighted by Crippen LogP contribution is 2.26. The molecule has 0 aromatic heterocycles. The van der Waals surface area contributed by atoms with Crippen LogP contribution in [0.15, 0.2) is 35.4 Å². The second kappa shape index (κ2) is 5.69. The predicted octanol–water partition coefficient (Wildman–Crippen LogP) is 4.71. The molecule has 1 aromatic rings. The molecular formula is C17H19N. The first kappa shape index (κ1) is 12.6. The Labute approximate surface area is 109 Å². The van der Waals surface area contributed by atoms with E-state index in [-0.39, 0.29) is 0 Å². The van der Waals surface area contributed by atoms with Crippen LogP contribution >= 0.6 is 0 Å². The zero-order valence-corrected chi connectivity index (χ0v) is 11.2. The molecule has 0 spiro atoms. The van der Waals surface area contributed by atoms with E-state index in [1.807, 2.05) is 6.08 Å². The molecule has 0 saturated carbocycles. The van der Waals surface area contributed by atoms with Crippen LogP contribution in [-0.2, 0) is 0 Å². The van der Waals surface area contributed by atoms with E-state index in [0.29, 0.717) is 0 Å². The average Bonchev–Trinajstić information content (AvgIpc) is 2.39. The Kier molecular flexibility index (Phi) is 3.99. The molecule has 92 valence electrons. The number of rotatable bonds is 2. The lowest BCUT2D eigenvalue weighted by Crippen LogP contribution is -1.95. The van der Waals surface area contributed by atoms with E-state index in [9.17, 15) is 5.26 Å². The predicted molar refractivity (Wildman–Crippen MR) is 76.1 cm³/mol. The van der Waals surface area contributed by atoms with Gasteiger partial charge >= 0.3 is 0 Å². The van der Waals surface area contributed by atoms with Crippen molar-refractivity contribution >= 4 is 6.08 Å². The minimum absolute atomic E-state index is 0.835. The van der Waals surface area contributed by atoms with Crippen LogP contribution in [0.3, 0.4) is 0 Å². The maximum atomic E-state index is 9.33. The maximum absolute atomic E-state index is 9.33. The Balaban J connectivity index is 2.35. The zero-order valence-electron chi connectivity index (χ0n) is 11.2. The first-order valence-electron chi connectivity index (χ1n) is 6.59. The SMILES string of the molecule is Cc1ccc(/C=C(\C#N)C2=CCCCC2)c(C)c1. The van der Waals surface area contributed by atoms with Crippen LogP contribution < -0.4 is 0 Å². The quantitative estimate of drug-likeness (QED) is 0.683. The number of hydrogen-bond donors (Lipinski definition) is 0. The van der Waals surface area contributed by atoms with Crippen molar-refractivity contribution in [2.45, 2.75) is 39.5 Å². The Bertz CT molecular complexity index is 541. The molecule has 2 rings (SSSR count). The van der Waals surface area contributed by atoms with E-state index in [1.165, 1.54) is 29.5 Å². The van der Waals surface area contributed by atoms with Gasteiger partial charge in [0.1, 0.15) is 0 Å². The minimum Gasteiger partial charge on any atom is -0.192 e. The van der Waals surface area contributed by atoms with E-state index in [1.54, 1.807) is 0 Å². The molecule has 1 heteroatoms. The van der Waals surface area contributed by atoms with Crippen LogP contribution in [0.4, 0.5) is 0 Å². The molecule has 18 heavy (non-hydrogen) atoms. The van der Waals surface area contributed by atoms with Crippen LogP contribution in [0.5, 0.6) is 0 Å². The standard InChI is InChI=1S/C17H19N/c1-13-8-9-16(14(2)10-13)11-17(12-18)15-6-4-3-5-7-15/h6,8-11H,3-5,7H2,1-2H3/b17-11+. The lowest BCUT2D eigenvalue weighted by atomic mass is 9.92. The van der Waals surface area contributed by atoms with Crippen molar-refractivity contribution in [3.05, 3.63) is 52.1 Å². The third kappa shape index (κ3) is 2.90. The molecular weight excluding hydrogens is 218 g/mol. The molecule has 0 saturated heterocycles. The third-order valence-corrected chi connectivity index (χ3v) is 3.48. The van der Waals surface area contributed by atoms with Crippen molar-refractivity contribution in [1.82, 2.24) is 0 Å². The first-order chi connectivity index (χ1) is 8.70. The molecule has 1 aromatic carbocycles. The second-order valence-corrected chi connectivity index (χ2v) is 5.01. The number of aryl methyl sites for hydroxylation is 2. The molecule has 0 unspecified atom stereocenters. The fraction of sp³-hybridized carbons (Fsp3) is 0.353. The summed E-state index contributed by atoms with van der Waals surface area (Å²) in [5, 5.41) is 9.33. The average molecular weight is 237 g/mol. The highest BCUT2D eigenvalue weighted by Gasteiger charge is 2.09. The van der Waals surface area contributed by atoms with Crippen LogP contribution in [0.25, 0.3) is 6.08 Å². The van der Waals surface area contributed by atoms with E-state index < -0.39 is 0 Å². The molecule has 1 aliphatic carbocycles. The molecule has 0 N–H and O–H groups in total. The van der Waals surface area contributed by atoms with Crippen molar-refractivity contribution in [1.29, 1.82) is 5.26 Å². The molecule has 0 fully saturated rings. The summed E-state index contributed by atoms with van der Waals surface area (Å²) in [7, 11) is 0. The summed E-state index contributed by atoms with van der Waals surface area (Å²) in [5.74, 6) is 0. The van der Waals surface area contributed by atoms with Crippen LogP contribution in [-0.4, -0.2) is 0 Å². The van der Waals surface area contributed by atoms with Gasteiger partial charge in [0.25, 0.3) is 0 Å². The Morgan fingerprint density at radius 1 is 1.28 bits per heavy atom. The van der Waals surface area contributed by atoms with Gasteiger partial charge in [-0.15, -0.1) is 0 Å². The van der Waals surface area contributed by atoms with E-state index in [4.69, 9.17) is 0 Å². The van der Waals surface area contributed by atoms with Crippen LogP contribution in [0.1, 0.15) is 42.4 Å². The summed E-state index contributed by atoms with van der Waals surface area (Å²) >= 11 is 0. The van der Waals surface area contributed by atoms with Gasteiger partial charge in [0.05, 0.1) is 11.6 Å². The number of nitriles is 1. The number of allylic oxidation sites excluding steroid dienone is 3. The Morgan fingerprint density at radius 2 is 2.11 bits per heavy atom. The molecule has 1 nitrogen and oxygen atoms in total. The van der Waals surface area contributed by atoms with Crippen molar-refractivity contribution < 1.29 is 0 Å². The molecule has 0 bridgehead atoms. The van der Waals surface area contributed by atoms with Crippen molar-refractivity contribution in [3.8, 4) is 6.07 Å². The fourth-order valence-electron chi connectivity index (χ4n) is 2.42. The van der Waals surface area contributed by atoms with Gasteiger partial charge in [-0.2, -0.15) is 5.26 Å². The normalized spacial score (nSPS) is 16.1. The number of benzene rings is 1. The minimum atomic E-state index is 0.835. The van der Waals surface area contributed by atoms with Crippen molar-refractivity contribution in [3.63, 3.8) is 0 Å². The second-order valence-electron chi connectivity index (χ2n) is 5.01. The maximum Gasteiger partial charge on any atom is 0.0994 e. The largest absolute Gasteiger partial charge is 0.192 e. The molecule has 1 aliphatic rings.